The van der Waals surface area contributed by atoms with Crippen LogP contribution in [0.3, 0.4) is 0 Å². The molecule has 8 rings (SSSR count). The van der Waals surface area contributed by atoms with Crippen LogP contribution in [0.1, 0.15) is 136 Å². The van der Waals surface area contributed by atoms with Gasteiger partial charge in [0.2, 0.25) is 48.8 Å². The molecule has 0 saturated carbocycles. The number of rotatable bonds is 19. The minimum absolute atomic E-state index is 0.0237. The SMILES string of the molecule is C#CCOC(=O)C1OC(=O)OC1C(C)(C)C.C#CCOC(=O)C1OC(=O)OC1C(C)C.C#CCOC(=O)C1OC(=O)OC1CC.C#CCOC(=O)C1OC(=O)OC1CCC.CCCC1OC(=O)OC1C(=O)OC.COC(=O)C1OC(=O)OC1(C)C.COC(=O)C1OC(=O)OC1C(C)(C)C.COC(=O)C1OC(=O)OC1C(C)C. The maximum absolute atomic E-state index is 11.5. The molecule has 15 unspecified atom stereocenters. The summed E-state index contributed by atoms with van der Waals surface area (Å²) >= 11 is 0. The summed E-state index contributed by atoms with van der Waals surface area (Å²) in [4.78, 5) is 176. The highest BCUT2D eigenvalue weighted by atomic mass is 16.8. The van der Waals surface area contributed by atoms with E-state index in [9.17, 15) is 76.7 Å². The third-order valence-electron chi connectivity index (χ3n) is 15.0. The Morgan fingerprint density at radius 1 is 0.357 bits per heavy atom. The maximum atomic E-state index is 11.5. The summed E-state index contributed by atoms with van der Waals surface area (Å²) in [5.41, 5.74) is -1.71. The van der Waals surface area contributed by atoms with Crippen LogP contribution in [0.15, 0.2) is 0 Å². The van der Waals surface area contributed by atoms with Gasteiger partial charge in [0.05, 0.1) is 28.4 Å². The van der Waals surface area contributed by atoms with E-state index in [2.05, 4.69) is 85.3 Å². The first kappa shape index (κ1) is 98.2. The highest BCUT2D eigenvalue weighted by molar-refractivity contribution is 5.85. The Balaban J connectivity index is 0.000000641. The summed E-state index contributed by atoms with van der Waals surface area (Å²) in [6.45, 7) is 26.6. The number of carbonyl (C=O) groups is 16. The third-order valence-corrected chi connectivity index (χ3v) is 15.0. The van der Waals surface area contributed by atoms with Crippen LogP contribution in [-0.4, -0.2) is 249 Å². The monoisotopic (exact) mass is 1600 g/mol. The van der Waals surface area contributed by atoms with Gasteiger partial charge in [0.1, 0.15) is 0 Å². The summed E-state index contributed by atoms with van der Waals surface area (Å²) in [5.74, 6) is 3.60. The van der Waals surface area contributed by atoms with E-state index in [4.69, 9.17) is 77.8 Å². The first-order chi connectivity index (χ1) is 52.4. The van der Waals surface area contributed by atoms with Gasteiger partial charge in [-0.1, -0.05) is 127 Å². The molecule has 0 spiro atoms. The van der Waals surface area contributed by atoms with Crippen LogP contribution in [0.5, 0.6) is 0 Å². The van der Waals surface area contributed by atoms with Gasteiger partial charge in [-0.25, -0.2) is 76.7 Å². The largest absolute Gasteiger partial charge is 0.509 e. The highest BCUT2D eigenvalue weighted by Crippen LogP contribution is 2.34. The molecule has 8 aliphatic rings. The minimum Gasteiger partial charge on any atom is -0.466 e. The summed E-state index contributed by atoms with van der Waals surface area (Å²) in [6.07, 6.45) is 4.52. The summed E-state index contributed by atoms with van der Waals surface area (Å²) < 4.78 is 112. The van der Waals surface area contributed by atoms with Gasteiger partial charge >= 0.3 is 97.0 Å². The van der Waals surface area contributed by atoms with Crippen molar-refractivity contribution in [2.24, 2.45) is 22.7 Å². The predicted molar refractivity (Wildman–Crippen MR) is 367 cm³/mol. The van der Waals surface area contributed by atoms with E-state index >= 15 is 0 Å². The normalized spacial score (nSPS) is 25.3. The molecule has 40 heteroatoms. The average molecular weight is 1600 g/mol. The van der Waals surface area contributed by atoms with Crippen LogP contribution in [-0.2, 0) is 152 Å². The Labute approximate surface area is 645 Å². The van der Waals surface area contributed by atoms with Gasteiger partial charge in [-0.3, -0.25) is 0 Å². The Morgan fingerprint density at radius 2 is 0.616 bits per heavy atom. The lowest BCUT2D eigenvalue weighted by atomic mass is 9.86. The van der Waals surface area contributed by atoms with E-state index in [1.165, 1.54) is 28.4 Å². The van der Waals surface area contributed by atoms with Gasteiger partial charge < -0.3 is 114 Å². The van der Waals surface area contributed by atoms with Crippen molar-refractivity contribution in [2.75, 3.05) is 54.9 Å². The van der Waals surface area contributed by atoms with Gasteiger partial charge in [-0.05, 0) is 44.9 Å². The number of esters is 8. The molecular weight excluding hydrogens is 1500 g/mol. The third kappa shape index (κ3) is 31.6. The van der Waals surface area contributed by atoms with E-state index in [0.29, 0.717) is 19.3 Å². The fourth-order valence-corrected chi connectivity index (χ4v) is 9.56. The lowest BCUT2D eigenvalue weighted by molar-refractivity contribution is -0.154. The van der Waals surface area contributed by atoms with E-state index in [-0.39, 0.29) is 43.7 Å². The molecule has 0 aliphatic carbocycles. The van der Waals surface area contributed by atoms with E-state index in [1.54, 1.807) is 20.8 Å². The van der Waals surface area contributed by atoms with Crippen LogP contribution in [0.4, 0.5) is 38.4 Å². The van der Waals surface area contributed by atoms with Gasteiger partial charge in [0.25, 0.3) is 0 Å². The number of ether oxygens (including phenoxy) is 24. The van der Waals surface area contributed by atoms with Crippen LogP contribution in [0, 0.1) is 72.0 Å². The molecule has 0 bridgehead atoms. The van der Waals surface area contributed by atoms with Crippen LogP contribution >= 0.6 is 0 Å². The van der Waals surface area contributed by atoms with Gasteiger partial charge in [-0.2, -0.15) is 0 Å². The van der Waals surface area contributed by atoms with E-state index < -0.39 is 200 Å². The van der Waals surface area contributed by atoms with Gasteiger partial charge in [0.15, 0.2) is 74.8 Å². The molecule has 0 aromatic heterocycles. The van der Waals surface area contributed by atoms with Crippen molar-refractivity contribution in [3.8, 4) is 49.4 Å². The van der Waals surface area contributed by atoms with Crippen molar-refractivity contribution in [3.05, 3.63) is 0 Å². The second-order valence-corrected chi connectivity index (χ2v) is 26.7. The Hall–Kier alpha value is -11.8. The molecule has 8 fully saturated rings. The molecule has 8 heterocycles. The Morgan fingerprint density at radius 3 is 0.920 bits per heavy atom. The first-order valence-electron chi connectivity index (χ1n) is 34.1. The molecule has 15 atom stereocenters. The molecule has 0 aromatic rings. The fourth-order valence-electron chi connectivity index (χ4n) is 9.56. The molecule has 0 amide bonds. The fraction of sp³-hybridized carbons (Fsp3) is 0.667. The Bertz CT molecular complexity index is 3440. The number of methoxy groups -OCH3 is 4. The van der Waals surface area contributed by atoms with Gasteiger partial charge in [0, 0.05) is 10.8 Å². The van der Waals surface area contributed by atoms with E-state index in [0.717, 1.165) is 12.8 Å². The van der Waals surface area contributed by atoms with Crippen molar-refractivity contribution < 1.29 is 190 Å². The molecule has 8 aliphatic heterocycles. The van der Waals surface area contributed by atoms with Gasteiger partial charge in [-0.15, -0.1) is 25.7 Å². The zero-order valence-electron chi connectivity index (χ0n) is 65.3. The number of cyclic esters (lactones) is 16. The zero-order chi connectivity index (χ0) is 85.7. The van der Waals surface area contributed by atoms with Crippen molar-refractivity contribution in [1.29, 1.82) is 0 Å². The van der Waals surface area contributed by atoms with Crippen LogP contribution < -0.4 is 0 Å². The molecule has 0 N–H and O–H groups in total. The van der Waals surface area contributed by atoms with E-state index in [1.807, 2.05) is 83.1 Å². The topological polar surface area (TPSA) is 495 Å². The van der Waals surface area contributed by atoms with Crippen molar-refractivity contribution in [2.45, 2.75) is 233 Å². The summed E-state index contributed by atoms with van der Waals surface area (Å²) in [5, 5.41) is 0. The Kier molecular flexibility index (Phi) is 41.4. The first-order valence-corrected chi connectivity index (χ1v) is 34.1. The second-order valence-electron chi connectivity index (χ2n) is 26.7. The molecule has 8 saturated heterocycles. The predicted octanol–water partition coefficient (Wildman–Crippen LogP) is 6.35. The maximum Gasteiger partial charge on any atom is 0.509 e. The molecular formula is C72H96O40. The number of hydrogen-bond acceptors (Lipinski definition) is 40. The van der Waals surface area contributed by atoms with Crippen LogP contribution in [0.2, 0.25) is 0 Å². The molecule has 112 heavy (non-hydrogen) atoms. The molecule has 40 nitrogen and oxygen atoms in total. The standard InChI is InChI=1S/C11H14O5.2C10H12O5.C9H14O5.C9H10O5.2C8H12O5.C7H10O5/c1-5-6-14-9(12)7-8(11(2,3)4)16-10(13)15-7;1-4-5-13-9(11)8-7(6(2)3)14-10(12)15-8;1-3-5-7-8(15-10(12)14-7)9(11)13-6-4-2;1-9(2,3)6-5(7(10)12-4)13-8(11)14-6;1-3-5-12-8(10)7-6(4-2)13-9(11)14-7;1-4(2)5-6(7(9)11-3)13-8(10)12-5;1-3-4-5-6(7(9)11-2)13-8(10)12-5;1-7(2)4(5(8)10-3)11-6(9)12-7/h1,7-8H,6H2,2-4H3;1,6-8H,5H2,2-3H3;2,7-8H,3,5-6H2,1H3;5-6H,1-4H3;1,6-7H,4-5H2,2H3;4-6H,1-3H3;5-6H,3-4H2,1-2H3;4H,1-3H3. The van der Waals surface area contributed by atoms with Crippen molar-refractivity contribution in [1.82, 2.24) is 0 Å². The van der Waals surface area contributed by atoms with Crippen LogP contribution in [0.25, 0.3) is 0 Å². The lowest BCUT2D eigenvalue weighted by Gasteiger charge is -2.26. The smallest absolute Gasteiger partial charge is 0.466 e. The molecule has 624 valence electrons. The zero-order valence-corrected chi connectivity index (χ0v) is 65.3. The minimum atomic E-state index is -1.04. The summed E-state index contributed by atoms with van der Waals surface area (Å²) in [6, 6.07) is 0. The number of hydrogen-bond donors (Lipinski definition) is 0. The number of terminal acetylenes is 4. The number of carbonyl (C=O) groups excluding carboxylic acids is 16. The second kappa shape index (κ2) is 47.3. The summed E-state index contributed by atoms with van der Waals surface area (Å²) in [7, 11) is 4.96. The quantitative estimate of drug-likeness (QED) is 0.0772. The lowest BCUT2D eigenvalue weighted by Crippen LogP contribution is -2.41. The van der Waals surface area contributed by atoms with Crippen molar-refractivity contribution >= 4 is 97.0 Å². The van der Waals surface area contributed by atoms with Crippen molar-refractivity contribution in [3.63, 3.8) is 0 Å². The highest BCUT2D eigenvalue weighted by Gasteiger charge is 2.53. The molecule has 0 aromatic carbocycles. The average Bonchev–Trinajstić information content (AvgIpc) is 1.67. The molecule has 0 radical (unpaired) electrons.